The van der Waals surface area contributed by atoms with Crippen molar-refractivity contribution in [1.82, 2.24) is 33.8 Å². The number of alkyl halides is 3. The van der Waals surface area contributed by atoms with Gasteiger partial charge in [-0.05, 0) is 86.4 Å². The van der Waals surface area contributed by atoms with Crippen molar-refractivity contribution < 1.29 is 46.2 Å². The largest absolute Gasteiger partial charge is 0.444 e. The molecule has 1 fully saturated rings. The Morgan fingerprint density at radius 3 is 2.43 bits per heavy atom. The first-order chi connectivity index (χ1) is 31.2. The lowest BCUT2D eigenvalue weighted by atomic mass is 10.0. The second kappa shape index (κ2) is 20.3. The number of imidazole rings is 1. The first-order valence-corrected chi connectivity index (χ1v) is 21.1. The lowest BCUT2D eigenvalue weighted by molar-refractivity contribution is -0.149. The molecule has 4 amide bonds. The van der Waals surface area contributed by atoms with E-state index in [1.54, 1.807) is 11.6 Å². The molecule has 0 aliphatic carbocycles. The average Bonchev–Trinajstić information content (AvgIpc) is 4.02. The van der Waals surface area contributed by atoms with Crippen LogP contribution in [0.25, 0.3) is 28.2 Å². The van der Waals surface area contributed by atoms with Gasteiger partial charge in [0.15, 0.2) is 11.4 Å². The first-order valence-electron chi connectivity index (χ1n) is 21.1. The maximum atomic E-state index is 13.3. The van der Waals surface area contributed by atoms with Crippen LogP contribution in [0.3, 0.4) is 0 Å². The zero-order valence-electron chi connectivity index (χ0n) is 35.8. The number of carbonyl (C=O) groups is 4. The number of ether oxygens (including phenoxy) is 2. The zero-order valence-corrected chi connectivity index (χ0v) is 35.8. The number of imide groups is 1. The van der Waals surface area contributed by atoms with Crippen molar-refractivity contribution in [2.75, 3.05) is 38.8 Å². The predicted molar refractivity (Wildman–Crippen MR) is 230 cm³/mol. The van der Waals surface area contributed by atoms with Crippen LogP contribution in [0, 0.1) is 0 Å². The van der Waals surface area contributed by atoms with E-state index in [0.29, 0.717) is 56.0 Å². The number of hydrogen-bond acceptors (Lipinski definition) is 11. The Bertz CT molecular complexity index is 2740. The third-order valence-corrected chi connectivity index (χ3v) is 11.1. The molecule has 1 atom stereocenters. The third kappa shape index (κ3) is 11.1. The van der Waals surface area contributed by atoms with Gasteiger partial charge in [-0.3, -0.25) is 38.2 Å². The summed E-state index contributed by atoms with van der Waals surface area (Å²) in [5, 5.41) is 6.85. The normalized spacial score (nSPS) is 14.4. The second-order valence-electron chi connectivity index (χ2n) is 15.6. The highest BCUT2D eigenvalue weighted by Gasteiger charge is 2.35. The highest BCUT2D eigenvalue weighted by molar-refractivity contribution is 6.07. The molecule has 20 heteroatoms. The quantitative estimate of drug-likeness (QED) is 0.0698. The Morgan fingerprint density at radius 2 is 1.69 bits per heavy atom. The molecule has 1 unspecified atom stereocenters. The number of likely N-dealkylation sites (N-methyl/N-ethyl adjacent to an activating group) is 1. The van der Waals surface area contributed by atoms with E-state index in [0.717, 1.165) is 53.5 Å². The lowest BCUT2D eigenvalue weighted by Gasteiger charge is -2.28. The Balaban J connectivity index is 0.814. The summed E-state index contributed by atoms with van der Waals surface area (Å²) in [6, 6.07) is 15.4. The lowest BCUT2D eigenvalue weighted by Crippen LogP contribution is -2.45. The standard InChI is InChI=1S/C45H48F3N9O8/c1-54-37(58)16-15-36(43(54)61)57-35-10-5-8-29(39(35)55(2)44(57)62)9-6-22-64-24-23-63-21-4-3-7-28-11-13-32(14-12-28)56-26-33(38(53-56)40(49)59)51-41(60)34-27-65-42(52-34)30-18-20-50-31(25-30)17-19-45(46,47)48/h5,8,10-14,18,20,25-27,36H,3-4,6-7,9,15-17,19,21-24H2,1-2H3,(H2,49,59)(H,51,60). The molecular weight excluding hydrogens is 852 g/mol. The van der Waals surface area contributed by atoms with Crippen LogP contribution in [-0.2, 0) is 45.4 Å². The molecule has 0 saturated carbocycles. The van der Waals surface area contributed by atoms with Crippen molar-refractivity contribution in [2.45, 2.75) is 70.0 Å². The molecule has 4 aromatic heterocycles. The maximum absolute atomic E-state index is 13.3. The topological polar surface area (TPSA) is 212 Å². The van der Waals surface area contributed by atoms with E-state index in [4.69, 9.17) is 19.6 Å². The number of aromatic nitrogens is 6. The van der Waals surface area contributed by atoms with Crippen LogP contribution in [-0.4, -0.2) is 97.1 Å². The van der Waals surface area contributed by atoms with Crippen molar-refractivity contribution >= 4 is 40.3 Å². The SMILES string of the molecule is CN1C(=O)CCC(n2c(=O)n(C)c3c(CCCOCCOCCCCc4ccc(-n5cc(NC(=O)c6coc(-c7ccnc(CCC(F)(F)F)c7)n6)c(C(N)=O)n5)cc4)cccc32)C1=O. The van der Waals surface area contributed by atoms with E-state index in [9.17, 15) is 37.1 Å². The number of carbonyl (C=O) groups excluding carboxylic acids is 4. The van der Waals surface area contributed by atoms with Gasteiger partial charge in [0, 0.05) is 57.6 Å². The van der Waals surface area contributed by atoms with E-state index >= 15 is 0 Å². The molecule has 0 bridgehead atoms. The van der Waals surface area contributed by atoms with Crippen molar-refractivity contribution in [3.05, 3.63) is 112 Å². The number of amides is 4. The smallest absolute Gasteiger partial charge is 0.389 e. The number of halogens is 3. The Kier molecular flexibility index (Phi) is 14.4. The molecule has 1 aliphatic heterocycles. The number of likely N-dealkylation sites (tertiary alicyclic amines) is 1. The van der Waals surface area contributed by atoms with Crippen LogP contribution in [0.5, 0.6) is 0 Å². The van der Waals surface area contributed by atoms with Gasteiger partial charge in [0.1, 0.15) is 12.3 Å². The van der Waals surface area contributed by atoms with E-state index in [2.05, 4.69) is 20.4 Å². The number of nitrogens with zero attached hydrogens (tertiary/aromatic N) is 7. The van der Waals surface area contributed by atoms with E-state index in [1.807, 2.05) is 42.5 Å². The molecule has 2 aromatic carbocycles. The van der Waals surface area contributed by atoms with Gasteiger partial charge in [0.05, 0.1) is 41.8 Å². The summed E-state index contributed by atoms with van der Waals surface area (Å²) in [5.74, 6) is -2.21. The van der Waals surface area contributed by atoms with Crippen molar-refractivity contribution in [1.29, 1.82) is 0 Å². The number of primary amides is 1. The van der Waals surface area contributed by atoms with Crippen molar-refractivity contribution in [2.24, 2.45) is 12.8 Å². The fraction of sp³-hybridized carbons (Fsp3) is 0.378. The van der Waals surface area contributed by atoms with Crippen LogP contribution in [0.2, 0.25) is 0 Å². The minimum atomic E-state index is -4.33. The molecule has 5 heterocycles. The molecule has 342 valence electrons. The molecule has 65 heavy (non-hydrogen) atoms. The minimum Gasteiger partial charge on any atom is -0.444 e. The second-order valence-corrected chi connectivity index (χ2v) is 15.6. The van der Waals surface area contributed by atoms with Gasteiger partial charge in [0.2, 0.25) is 11.8 Å². The van der Waals surface area contributed by atoms with Crippen molar-refractivity contribution in [3.63, 3.8) is 0 Å². The number of nitrogens with one attached hydrogen (secondary N) is 1. The van der Waals surface area contributed by atoms with Gasteiger partial charge in [-0.2, -0.15) is 18.3 Å². The minimum absolute atomic E-state index is 0.000113. The summed E-state index contributed by atoms with van der Waals surface area (Å²) in [5.41, 5.74) is 9.64. The van der Waals surface area contributed by atoms with Crippen LogP contribution in [0.4, 0.5) is 18.9 Å². The fourth-order valence-corrected chi connectivity index (χ4v) is 7.69. The van der Waals surface area contributed by atoms with Gasteiger partial charge in [-0.25, -0.2) is 14.5 Å². The summed E-state index contributed by atoms with van der Waals surface area (Å²) >= 11 is 0. The Labute approximate surface area is 370 Å². The molecule has 1 aliphatic rings. The number of piperidine rings is 1. The number of oxazole rings is 1. The van der Waals surface area contributed by atoms with Gasteiger partial charge in [0.25, 0.3) is 17.7 Å². The molecule has 1 saturated heterocycles. The molecule has 3 N–H and O–H groups in total. The van der Waals surface area contributed by atoms with E-state index < -0.39 is 30.5 Å². The molecule has 0 spiro atoms. The summed E-state index contributed by atoms with van der Waals surface area (Å²) in [6.07, 6.45) is 2.60. The Morgan fingerprint density at radius 1 is 0.938 bits per heavy atom. The summed E-state index contributed by atoms with van der Waals surface area (Å²) in [6.45, 7) is 1.99. The number of fused-ring (bicyclic) bond motifs is 1. The fourth-order valence-electron chi connectivity index (χ4n) is 7.69. The van der Waals surface area contributed by atoms with Crippen LogP contribution in [0.1, 0.15) is 82.4 Å². The van der Waals surface area contributed by atoms with Crippen LogP contribution in [0.15, 0.2) is 82.5 Å². The molecule has 7 rings (SSSR count). The van der Waals surface area contributed by atoms with Gasteiger partial charge in [-0.15, -0.1) is 0 Å². The number of para-hydroxylation sites is 1. The third-order valence-electron chi connectivity index (χ3n) is 11.1. The van der Waals surface area contributed by atoms with Gasteiger partial charge >= 0.3 is 11.9 Å². The van der Waals surface area contributed by atoms with Crippen molar-refractivity contribution in [3.8, 4) is 17.1 Å². The monoisotopic (exact) mass is 899 g/mol. The maximum Gasteiger partial charge on any atom is 0.389 e. The average molecular weight is 900 g/mol. The Hall–Kier alpha value is -6.93. The van der Waals surface area contributed by atoms with E-state index in [-0.39, 0.29) is 59.0 Å². The van der Waals surface area contributed by atoms with Gasteiger partial charge < -0.3 is 24.9 Å². The number of aryl methyl sites for hydroxylation is 4. The molecule has 0 radical (unpaired) electrons. The van der Waals surface area contributed by atoms with Crippen LogP contribution >= 0.6 is 0 Å². The number of unbranched alkanes of at least 4 members (excludes halogenated alkanes) is 1. The highest BCUT2D eigenvalue weighted by Crippen LogP contribution is 2.29. The number of rotatable bonds is 20. The molecular formula is C45H48F3N9O8. The summed E-state index contributed by atoms with van der Waals surface area (Å²) in [4.78, 5) is 72.8. The number of hydrogen-bond donors (Lipinski definition) is 2. The van der Waals surface area contributed by atoms with Crippen LogP contribution < -0.4 is 16.7 Å². The molecule has 17 nitrogen and oxygen atoms in total. The summed E-state index contributed by atoms with van der Waals surface area (Å²) in [7, 11) is 3.15. The zero-order chi connectivity index (χ0) is 46.3. The number of nitrogens with two attached hydrogens (primary N) is 1. The highest BCUT2D eigenvalue weighted by atomic mass is 19.4. The molecule has 6 aromatic rings. The number of anilines is 1. The number of benzene rings is 2. The summed E-state index contributed by atoms with van der Waals surface area (Å²) < 4.78 is 59.5. The first kappa shape index (κ1) is 46.1. The predicted octanol–water partition coefficient (Wildman–Crippen LogP) is 5.73. The van der Waals surface area contributed by atoms with Gasteiger partial charge in [-0.1, -0.05) is 24.3 Å². The number of pyridine rings is 1. The van der Waals surface area contributed by atoms with E-state index in [1.165, 1.54) is 40.8 Å².